The first-order valence-corrected chi connectivity index (χ1v) is 7.20. The van der Waals surface area contributed by atoms with Crippen LogP contribution in [0.2, 0.25) is 0 Å². The second-order valence-electron chi connectivity index (χ2n) is 4.87. The lowest BCUT2D eigenvalue weighted by atomic mass is 10.2. The van der Waals surface area contributed by atoms with E-state index in [1.54, 1.807) is 12.1 Å². The summed E-state index contributed by atoms with van der Waals surface area (Å²) < 4.78 is 24.3. The van der Waals surface area contributed by atoms with Gasteiger partial charge in [-0.15, -0.1) is 0 Å². The molecule has 0 fully saturated rings. The number of aromatic nitrogens is 3. The number of hydrogen-bond donors (Lipinski definition) is 1. The molecule has 7 nitrogen and oxygen atoms in total. The molecule has 25 heavy (non-hydrogen) atoms. The van der Waals surface area contributed by atoms with Crippen LogP contribution in [0.3, 0.4) is 0 Å². The van der Waals surface area contributed by atoms with Crippen LogP contribution in [-0.2, 0) is 0 Å². The molecule has 3 rings (SSSR count). The molecule has 0 atom stereocenters. The Kier molecular flexibility index (Phi) is 4.79. The van der Waals surface area contributed by atoms with Gasteiger partial charge in [-0.25, -0.2) is 19.3 Å². The van der Waals surface area contributed by atoms with Gasteiger partial charge in [-0.3, -0.25) is 4.79 Å². The number of carbonyl (C=O) groups excluding carboxylic acids is 1. The van der Waals surface area contributed by atoms with Crippen molar-refractivity contribution in [3.63, 3.8) is 0 Å². The zero-order valence-electron chi connectivity index (χ0n) is 13.1. The Bertz CT molecular complexity index is 890. The van der Waals surface area contributed by atoms with Gasteiger partial charge in [-0.05, 0) is 12.1 Å². The molecule has 2 heterocycles. The minimum absolute atomic E-state index is 0.141. The summed E-state index contributed by atoms with van der Waals surface area (Å²) in [4.78, 5) is 23.9. The van der Waals surface area contributed by atoms with E-state index in [-0.39, 0.29) is 17.1 Å². The quantitative estimate of drug-likeness (QED) is 0.768. The van der Waals surface area contributed by atoms with Crippen LogP contribution in [0.15, 0.2) is 55.1 Å². The van der Waals surface area contributed by atoms with Gasteiger partial charge in [0, 0.05) is 23.9 Å². The molecule has 1 aromatic carbocycles. The maximum absolute atomic E-state index is 13.8. The number of ether oxygens (including phenoxy) is 2. The molecule has 8 heteroatoms. The molecule has 2 aromatic heterocycles. The van der Waals surface area contributed by atoms with Gasteiger partial charge in [0.2, 0.25) is 5.88 Å². The highest BCUT2D eigenvalue weighted by molar-refractivity contribution is 6.03. The molecule has 0 bridgehead atoms. The third-order valence-corrected chi connectivity index (χ3v) is 3.07. The van der Waals surface area contributed by atoms with E-state index in [1.807, 2.05) is 0 Å². The van der Waals surface area contributed by atoms with Crippen molar-refractivity contribution in [3.05, 3.63) is 66.6 Å². The number of methoxy groups -OCH3 is 1. The fraction of sp³-hybridized carbons (Fsp3) is 0.0588. The number of anilines is 1. The Morgan fingerprint density at radius 3 is 2.68 bits per heavy atom. The number of carbonyl (C=O) groups is 1. The van der Waals surface area contributed by atoms with Crippen molar-refractivity contribution in [2.75, 3.05) is 12.4 Å². The van der Waals surface area contributed by atoms with E-state index in [9.17, 15) is 9.18 Å². The highest BCUT2D eigenvalue weighted by Gasteiger charge is 2.11. The molecule has 0 radical (unpaired) electrons. The zero-order valence-corrected chi connectivity index (χ0v) is 13.1. The monoisotopic (exact) mass is 340 g/mol. The maximum Gasteiger partial charge on any atom is 0.274 e. The summed E-state index contributed by atoms with van der Waals surface area (Å²) >= 11 is 0. The van der Waals surface area contributed by atoms with Crippen LogP contribution >= 0.6 is 0 Å². The van der Waals surface area contributed by atoms with Gasteiger partial charge in [-0.2, -0.15) is 0 Å². The van der Waals surface area contributed by atoms with Crippen molar-refractivity contribution in [1.82, 2.24) is 15.0 Å². The molecule has 1 N–H and O–H groups in total. The lowest BCUT2D eigenvalue weighted by molar-refractivity contribution is 0.102. The Morgan fingerprint density at radius 1 is 1.12 bits per heavy atom. The summed E-state index contributed by atoms with van der Waals surface area (Å²) in [5, 5.41) is 2.57. The summed E-state index contributed by atoms with van der Waals surface area (Å²) in [5.74, 6) is -0.217. The van der Waals surface area contributed by atoms with Crippen molar-refractivity contribution < 1.29 is 18.7 Å². The minimum atomic E-state index is -0.566. The molecule has 126 valence electrons. The first-order chi connectivity index (χ1) is 12.1. The fourth-order valence-electron chi connectivity index (χ4n) is 2.02. The molecule has 0 saturated carbocycles. The highest BCUT2D eigenvalue weighted by atomic mass is 19.1. The lowest BCUT2D eigenvalue weighted by Crippen LogP contribution is -2.14. The second-order valence-corrected chi connectivity index (χ2v) is 4.87. The third-order valence-electron chi connectivity index (χ3n) is 3.07. The molecule has 0 spiro atoms. The third kappa shape index (κ3) is 4.25. The van der Waals surface area contributed by atoms with Gasteiger partial charge >= 0.3 is 0 Å². The maximum atomic E-state index is 13.8. The van der Waals surface area contributed by atoms with Crippen LogP contribution in [0.1, 0.15) is 10.5 Å². The van der Waals surface area contributed by atoms with Crippen LogP contribution in [0.5, 0.6) is 17.4 Å². The van der Waals surface area contributed by atoms with E-state index in [1.165, 1.54) is 50.1 Å². The number of halogens is 1. The van der Waals surface area contributed by atoms with Crippen molar-refractivity contribution in [1.29, 1.82) is 0 Å². The van der Waals surface area contributed by atoms with E-state index in [4.69, 9.17) is 9.47 Å². The minimum Gasteiger partial charge on any atom is -0.481 e. The predicted octanol–water partition coefficient (Wildman–Crippen LogP) is 3.06. The van der Waals surface area contributed by atoms with Crippen LogP contribution in [0.25, 0.3) is 0 Å². The molecule has 0 unspecified atom stereocenters. The Morgan fingerprint density at radius 2 is 1.92 bits per heavy atom. The molecule has 0 aliphatic rings. The molecule has 0 aliphatic heterocycles. The average Bonchev–Trinajstić information content (AvgIpc) is 2.62. The number of rotatable bonds is 5. The van der Waals surface area contributed by atoms with Gasteiger partial charge in [0.15, 0.2) is 5.75 Å². The summed E-state index contributed by atoms with van der Waals surface area (Å²) in [5.41, 5.74) is 0.365. The van der Waals surface area contributed by atoms with Crippen LogP contribution in [-0.4, -0.2) is 28.0 Å². The number of amides is 1. The number of nitrogens with zero attached hydrogens (tertiary/aromatic N) is 3. The fourth-order valence-corrected chi connectivity index (χ4v) is 2.02. The van der Waals surface area contributed by atoms with Crippen LogP contribution < -0.4 is 14.8 Å². The van der Waals surface area contributed by atoms with Crippen molar-refractivity contribution >= 4 is 11.6 Å². The predicted molar refractivity (Wildman–Crippen MR) is 87.2 cm³/mol. The van der Waals surface area contributed by atoms with Crippen LogP contribution in [0.4, 0.5) is 10.1 Å². The average molecular weight is 340 g/mol. The molecule has 0 aliphatic carbocycles. The summed E-state index contributed by atoms with van der Waals surface area (Å²) in [6, 6.07) is 8.62. The number of hydrogen-bond acceptors (Lipinski definition) is 6. The Labute approximate surface area is 142 Å². The van der Waals surface area contributed by atoms with Crippen molar-refractivity contribution in [2.45, 2.75) is 0 Å². The van der Waals surface area contributed by atoms with Gasteiger partial charge < -0.3 is 14.8 Å². The standard InChI is InChI=1S/C17H13FN4O3/c1-24-16-4-2-3-15(22-16)17(23)21-12-5-11(18)6-13(7-12)25-14-8-19-10-20-9-14/h2-10H,1H3,(H,21,23). The van der Waals surface area contributed by atoms with E-state index >= 15 is 0 Å². The van der Waals surface area contributed by atoms with Gasteiger partial charge in [0.05, 0.1) is 19.5 Å². The molecule has 3 aromatic rings. The Hall–Kier alpha value is -3.55. The number of pyridine rings is 1. The van der Waals surface area contributed by atoms with Crippen molar-refractivity contribution in [2.24, 2.45) is 0 Å². The second kappa shape index (κ2) is 7.35. The normalized spacial score (nSPS) is 10.2. The van der Waals surface area contributed by atoms with Gasteiger partial charge in [-0.1, -0.05) is 6.07 Å². The first kappa shape index (κ1) is 16.3. The van der Waals surface area contributed by atoms with Gasteiger partial charge in [0.25, 0.3) is 5.91 Å². The van der Waals surface area contributed by atoms with Gasteiger partial charge in [0.1, 0.15) is 23.6 Å². The SMILES string of the molecule is COc1cccc(C(=O)Nc2cc(F)cc(Oc3cncnc3)c2)n1. The summed E-state index contributed by atoms with van der Waals surface area (Å²) in [7, 11) is 1.45. The van der Waals surface area contributed by atoms with E-state index < -0.39 is 11.7 Å². The number of benzene rings is 1. The molecular weight excluding hydrogens is 327 g/mol. The van der Waals surface area contributed by atoms with E-state index in [2.05, 4.69) is 20.3 Å². The van der Waals surface area contributed by atoms with E-state index in [0.717, 1.165) is 0 Å². The Balaban J connectivity index is 1.79. The first-order valence-electron chi connectivity index (χ1n) is 7.20. The molecule has 1 amide bonds. The smallest absolute Gasteiger partial charge is 0.274 e. The van der Waals surface area contributed by atoms with E-state index in [0.29, 0.717) is 11.6 Å². The molecule has 0 saturated heterocycles. The van der Waals surface area contributed by atoms with Crippen molar-refractivity contribution in [3.8, 4) is 17.4 Å². The lowest BCUT2D eigenvalue weighted by Gasteiger charge is -2.09. The summed E-state index contributed by atoms with van der Waals surface area (Å²) in [6.45, 7) is 0. The molecular formula is C17H13FN4O3. The number of nitrogens with one attached hydrogen (secondary N) is 1. The largest absolute Gasteiger partial charge is 0.481 e. The summed E-state index contributed by atoms with van der Waals surface area (Å²) in [6.07, 6.45) is 4.23. The highest BCUT2D eigenvalue weighted by Crippen LogP contribution is 2.25. The topological polar surface area (TPSA) is 86.2 Å². The zero-order chi connectivity index (χ0) is 17.6. The van der Waals surface area contributed by atoms with Crippen LogP contribution in [0, 0.1) is 5.82 Å².